The number of nitrogens with zero attached hydrogens (tertiary/aromatic N) is 5. The molecule has 0 bridgehead atoms. The number of carbonyl (C=O) groups excluding carboxylic acids is 1. The van der Waals surface area contributed by atoms with Crippen molar-refractivity contribution in [3.05, 3.63) is 30.1 Å². The van der Waals surface area contributed by atoms with E-state index < -0.39 is 9.84 Å². The summed E-state index contributed by atoms with van der Waals surface area (Å²) < 4.78 is 24.9. The number of benzene rings is 1. The van der Waals surface area contributed by atoms with Gasteiger partial charge in [-0.05, 0) is 12.1 Å². The number of hydrogen-bond acceptors (Lipinski definition) is 9. The highest BCUT2D eigenvalue weighted by molar-refractivity contribution is 7.99. The third-order valence-electron chi connectivity index (χ3n) is 3.77. The van der Waals surface area contributed by atoms with Gasteiger partial charge in [0.15, 0.2) is 15.0 Å². The minimum Gasteiger partial charge on any atom is -0.309 e. The Morgan fingerprint density at radius 2 is 1.89 bits per heavy atom. The number of aromatic nitrogens is 5. The van der Waals surface area contributed by atoms with Crippen LogP contribution >= 0.6 is 23.1 Å². The second-order valence-electron chi connectivity index (χ2n) is 5.86. The molecule has 3 rings (SSSR count). The van der Waals surface area contributed by atoms with E-state index in [1.807, 2.05) is 18.5 Å². The van der Waals surface area contributed by atoms with Gasteiger partial charge in [0.1, 0.15) is 10.8 Å². The lowest BCUT2D eigenvalue weighted by molar-refractivity contribution is -0.113. The fourth-order valence-corrected chi connectivity index (χ4v) is 4.42. The Bertz CT molecular complexity index is 1090. The third-order valence-corrected chi connectivity index (χ3v) is 6.81. The molecule has 9 nitrogen and oxygen atoms in total. The molecular formula is C16H18N6O3S3. The van der Waals surface area contributed by atoms with Crippen molar-refractivity contribution in [1.29, 1.82) is 0 Å². The summed E-state index contributed by atoms with van der Waals surface area (Å²) in [6.07, 6.45) is 1.93. The second kappa shape index (κ2) is 8.37. The summed E-state index contributed by atoms with van der Waals surface area (Å²) in [5, 5.41) is 20.5. The van der Waals surface area contributed by atoms with E-state index in [1.54, 1.807) is 12.1 Å². The first-order valence-electron chi connectivity index (χ1n) is 8.23. The molecule has 0 fully saturated rings. The molecule has 0 spiro atoms. The van der Waals surface area contributed by atoms with Crippen LogP contribution in [-0.4, -0.2) is 51.3 Å². The number of anilines is 1. The van der Waals surface area contributed by atoms with Crippen molar-refractivity contribution in [3.63, 3.8) is 0 Å². The van der Waals surface area contributed by atoms with Crippen LogP contribution in [0.3, 0.4) is 0 Å². The Morgan fingerprint density at radius 1 is 1.18 bits per heavy atom. The fraction of sp³-hybridized carbons (Fsp3) is 0.312. The lowest BCUT2D eigenvalue weighted by Crippen LogP contribution is -2.14. The van der Waals surface area contributed by atoms with E-state index >= 15 is 0 Å². The first kappa shape index (κ1) is 20.4. The zero-order valence-corrected chi connectivity index (χ0v) is 17.9. The summed E-state index contributed by atoms with van der Waals surface area (Å²) in [7, 11) is -1.38. The van der Waals surface area contributed by atoms with Gasteiger partial charge in [-0.15, -0.1) is 20.4 Å². The number of carbonyl (C=O) groups is 1. The number of nitrogens with one attached hydrogen (secondary N) is 1. The summed E-state index contributed by atoms with van der Waals surface area (Å²) >= 11 is 2.51. The highest BCUT2D eigenvalue weighted by Gasteiger charge is 2.14. The number of sulfone groups is 1. The smallest absolute Gasteiger partial charge is 0.236 e. The van der Waals surface area contributed by atoms with E-state index in [0.29, 0.717) is 15.3 Å². The molecule has 0 unspecified atom stereocenters. The molecule has 0 aliphatic heterocycles. The van der Waals surface area contributed by atoms with Crippen molar-refractivity contribution in [2.24, 2.45) is 7.05 Å². The van der Waals surface area contributed by atoms with E-state index in [9.17, 15) is 13.2 Å². The minimum absolute atomic E-state index is 0.174. The van der Waals surface area contributed by atoms with Gasteiger partial charge in [0.25, 0.3) is 0 Å². The molecule has 0 saturated carbocycles. The minimum atomic E-state index is -3.25. The van der Waals surface area contributed by atoms with E-state index in [-0.39, 0.29) is 16.6 Å². The van der Waals surface area contributed by atoms with Gasteiger partial charge >= 0.3 is 0 Å². The number of hydrogen-bond donors (Lipinski definition) is 1. The monoisotopic (exact) mass is 438 g/mol. The maximum absolute atomic E-state index is 12.2. The van der Waals surface area contributed by atoms with Crippen LogP contribution in [0.15, 0.2) is 34.3 Å². The van der Waals surface area contributed by atoms with Crippen molar-refractivity contribution in [2.45, 2.75) is 23.4 Å². The van der Waals surface area contributed by atoms with Crippen molar-refractivity contribution in [1.82, 2.24) is 25.0 Å². The molecule has 0 saturated heterocycles. The average Bonchev–Trinajstić information content (AvgIpc) is 3.26. The van der Waals surface area contributed by atoms with Crippen LogP contribution in [0.1, 0.15) is 12.7 Å². The molecule has 12 heteroatoms. The number of amides is 1. The van der Waals surface area contributed by atoms with Gasteiger partial charge in [0.05, 0.1) is 10.6 Å². The van der Waals surface area contributed by atoms with Crippen LogP contribution in [0.4, 0.5) is 5.13 Å². The zero-order valence-electron chi connectivity index (χ0n) is 15.4. The van der Waals surface area contributed by atoms with Crippen molar-refractivity contribution in [3.8, 4) is 10.6 Å². The molecule has 3 aromatic rings. The summed E-state index contributed by atoms with van der Waals surface area (Å²) in [6, 6.07) is 6.37. The molecule has 0 aliphatic rings. The van der Waals surface area contributed by atoms with Crippen LogP contribution in [0, 0.1) is 0 Å². The number of rotatable bonds is 7. The summed E-state index contributed by atoms with van der Waals surface area (Å²) in [6.45, 7) is 1.99. The normalized spacial score (nSPS) is 11.5. The number of aryl methyl sites for hydroxylation is 1. The molecule has 0 radical (unpaired) electrons. The zero-order chi connectivity index (χ0) is 20.3. The highest BCUT2D eigenvalue weighted by atomic mass is 32.2. The van der Waals surface area contributed by atoms with Gasteiger partial charge in [0.2, 0.25) is 11.0 Å². The van der Waals surface area contributed by atoms with Crippen molar-refractivity contribution < 1.29 is 13.2 Å². The molecule has 0 aliphatic carbocycles. The Balaban J connectivity index is 1.61. The maximum Gasteiger partial charge on any atom is 0.236 e. The molecule has 2 heterocycles. The number of thioether (sulfide) groups is 1. The molecule has 1 aromatic carbocycles. The summed E-state index contributed by atoms with van der Waals surface area (Å²) in [4.78, 5) is 12.4. The summed E-state index contributed by atoms with van der Waals surface area (Å²) in [5.41, 5.74) is 0.728. The molecule has 0 atom stereocenters. The molecule has 1 N–H and O–H groups in total. The standard InChI is InChI=1S/C16H18N6O3S3/c1-4-12-18-21-16(22(12)2)26-9-13(23)17-15-20-19-14(27-15)10-5-7-11(8-6-10)28(3,24)25/h5-8H,4,9H2,1-3H3,(H,17,20,23). The third kappa shape index (κ3) is 4.75. The van der Waals surface area contributed by atoms with E-state index in [2.05, 4.69) is 25.7 Å². The fourth-order valence-electron chi connectivity index (χ4n) is 2.30. The first-order valence-corrected chi connectivity index (χ1v) is 11.9. The van der Waals surface area contributed by atoms with Gasteiger partial charge in [-0.2, -0.15) is 0 Å². The molecule has 28 heavy (non-hydrogen) atoms. The van der Waals surface area contributed by atoms with Gasteiger partial charge in [-0.1, -0.05) is 42.2 Å². The highest BCUT2D eigenvalue weighted by Crippen LogP contribution is 2.27. The largest absolute Gasteiger partial charge is 0.309 e. The lowest BCUT2D eigenvalue weighted by atomic mass is 10.2. The lowest BCUT2D eigenvalue weighted by Gasteiger charge is -2.02. The van der Waals surface area contributed by atoms with E-state index in [1.165, 1.54) is 35.2 Å². The van der Waals surface area contributed by atoms with E-state index in [4.69, 9.17) is 0 Å². The topological polar surface area (TPSA) is 120 Å². The SMILES string of the molecule is CCc1nnc(SCC(=O)Nc2nnc(-c3ccc(S(C)(=O)=O)cc3)s2)n1C. The maximum atomic E-state index is 12.2. The van der Waals surface area contributed by atoms with E-state index in [0.717, 1.165) is 24.1 Å². The molecule has 148 valence electrons. The molecular weight excluding hydrogens is 420 g/mol. The van der Waals surface area contributed by atoms with Crippen molar-refractivity contribution in [2.75, 3.05) is 17.3 Å². The van der Waals surface area contributed by atoms with Crippen LogP contribution in [0.25, 0.3) is 10.6 Å². The van der Waals surface area contributed by atoms with Gasteiger partial charge in [0, 0.05) is 25.3 Å². The second-order valence-corrected chi connectivity index (χ2v) is 9.79. The average molecular weight is 439 g/mol. The summed E-state index contributed by atoms with van der Waals surface area (Å²) in [5.74, 6) is 0.813. The molecule has 2 aromatic heterocycles. The van der Waals surface area contributed by atoms with Crippen LogP contribution in [0.5, 0.6) is 0 Å². The van der Waals surface area contributed by atoms with Crippen LogP contribution < -0.4 is 5.32 Å². The predicted octanol–water partition coefficient (Wildman–Crippen LogP) is 2.03. The Hall–Kier alpha value is -2.31. The predicted molar refractivity (Wildman–Crippen MR) is 108 cm³/mol. The quantitative estimate of drug-likeness (QED) is 0.557. The first-order chi connectivity index (χ1) is 13.3. The Kier molecular flexibility index (Phi) is 6.10. The molecule has 1 amide bonds. The Morgan fingerprint density at radius 3 is 2.50 bits per heavy atom. The van der Waals surface area contributed by atoms with Gasteiger partial charge < -0.3 is 4.57 Å². The Labute approximate surface area is 170 Å². The van der Waals surface area contributed by atoms with Crippen LogP contribution in [-0.2, 0) is 28.1 Å². The van der Waals surface area contributed by atoms with Gasteiger partial charge in [-0.3, -0.25) is 10.1 Å². The van der Waals surface area contributed by atoms with Crippen molar-refractivity contribution >= 4 is 44.0 Å². The van der Waals surface area contributed by atoms with Crippen LogP contribution in [0.2, 0.25) is 0 Å². The van der Waals surface area contributed by atoms with Gasteiger partial charge in [-0.25, -0.2) is 8.42 Å².